The van der Waals surface area contributed by atoms with Crippen molar-refractivity contribution >= 4 is 13.6 Å². The smallest absolute Gasteiger partial charge is 0.418 e. The summed E-state index contributed by atoms with van der Waals surface area (Å²) < 4.78 is 41.7. The minimum Gasteiger partial charge on any atom is -0.418 e. The summed E-state index contributed by atoms with van der Waals surface area (Å²) in [6.45, 7) is 9.02. The summed E-state index contributed by atoms with van der Waals surface area (Å²) >= 11 is 0. The van der Waals surface area contributed by atoms with E-state index in [-0.39, 0.29) is 24.2 Å². The second kappa shape index (κ2) is 15.9. The fourth-order valence-electron chi connectivity index (χ4n) is 7.64. The van der Waals surface area contributed by atoms with Crippen LogP contribution in [0.3, 0.4) is 0 Å². The third-order valence-electron chi connectivity index (χ3n) is 10.0. The van der Waals surface area contributed by atoms with Crippen molar-refractivity contribution in [1.29, 1.82) is 0 Å². The highest BCUT2D eigenvalue weighted by atomic mass is 19.5. The molecule has 52 heavy (non-hydrogen) atoms. The lowest BCUT2D eigenvalue weighted by Gasteiger charge is -2.32. The van der Waals surface area contributed by atoms with E-state index in [9.17, 15) is 17.3 Å². The Morgan fingerprint density at radius 3 is 1.17 bits per heavy atom. The van der Waals surface area contributed by atoms with E-state index in [2.05, 4.69) is 201 Å². The van der Waals surface area contributed by atoms with Crippen molar-refractivity contribution in [2.75, 3.05) is 0 Å². The molecule has 1 heterocycles. The molecule has 264 valence electrons. The molecule has 0 unspecified atom stereocenters. The lowest BCUT2D eigenvalue weighted by Crippen LogP contribution is -2.32. The van der Waals surface area contributed by atoms with Gasteiger partial charge in [0.15, 0.2) is 12.1 Å². The second-order valence-electron chi connectivity index (χ2n) is 13.4. The largest absolute Gasteiger partial charge is 0.673 e. The molecule has 0 saturated carbocycles. The predicted octanol–water partition coefficient (Wildman–Crippen LogP) is 11.9. The van der Waals surface area contributed by atoms with Crippen molar-refractivity contribution in [3.63, 3.8) is 0 Å². The zero-order valence-corrected chi connectivity index (χ0v) is 29.9. The fourth-order valence-corrected chi connectivity index (χ4v) is 7.64. The first-order chi connectivity index (χ1) is 25.0. The van der Waals surface area contributed by atoms with Crippen LogP contribution in [0.4, 0.5) is 17.3 Å². The third-order valence-corrected chi connectivity index (χ3v) is 10.0. The maximum atomic E-state index is 9.75. The highest BCUT2D eigenvalue weighted by molar-refractivity contribution is 6.50. The molecule has 1 aliphatic heterocycles. The van der Waals surface area contributed by atoms with Gasteiger partial charge in [-0.2, -0.15) is 0 Å². The maximum absolute atomic E-state index is 9.75. The Labute approximate surface area is 304 Å². The molecule has 6 aromatic rings. The molecular weight excluding hydrogens is 655 g/mol. The van der Waals surface area contributed by atoms with Crippen molar-refractivity contribution < 1.29 is 21.8 Å². The van der Waals surface area contributed by atoms with E-state index in [1.807, 2.05) is 0 Å². The Morgan fingerprint density at radius 2 is 0.788 bits per heavy atom. The van der Waals surface area contributed by atoms with E-state index in [1.165, 1.54) is 55.6 Å². The number of benzene rings is 6. The Hall–Kier alpha value is -5.43. The standard InChI is InChI=1S/C45H43N2.BF4/c1-32-19-11-15-27-38(32)44(39-28-16-12-20-33(39)2)46-31-47(43(37-25-9-6-10-26-37)42(46)36-23-7-5-8-24-36)45(40-29-17-13-21-34(40)3)41-30-18-14-22-35(41)4;2-1(3,4)5/h5-31,42-45H,1-4H3;/q+1;-1/t42-,43-;/m0./s1. The zero-order valence-electron chi connectivity index (χ0n) is 29.9. The monoisotopic (exact) mass is 698 g/mol. The molecule has 0 fully saturated rings. The number of rotatable bonds is 8. The second-order valence-corrected chi connectivity index (χ2v) is 13.4. The summed E-state index contributed by atoms with van der Waals surface area (Å²) in [7, 11) is -6.00. The molecule has 2 atom stereocenters. The van der Waals surface area contributed by atoms with Gasteiger partial charge in [0.1, 0.15) is 12.1 Å². The van der Waals surface area contributed by atoms with Crippen LogP contribution < -0.4 is 0 Å². The van der Waals surface area contributed by atoms with Gasteiger partial charge >= 0.3 is 7.25 Å². The molecule has 6 aromatic carbocycles. The molecule has 0 radical (unpaired) electrons. The van der Waals surface area contributed by atoms with Gasteiger partial charge < -0.3 is 17.3 Å². The molecule has 0 aliphatic carbocycles. The number of hydrogen-bond acceptors (Lipinski definition) is 1. The lowest BCUT2D eigenvalue weighted by molar-refractivity contribution is -0.596. The molecule has 0 spiro atoms. The third kappa shape index (κ3) is 8.04. The van der Waals surface area contributed by atoms with Crippen LogP contribution >= 0.6 is 0 Å². The first-order valence-electron chi connectivity index (χ1n) is 17.6. The van der Waals surface area contributed by atoms with Crippen molar-refractivity contribution in [1.82, 2.24) is 4.90 Å². The Balaban J connectivity index is 0.000000870. The molecule has 2 nitrogen and oxygen atoms in total. The Morgan fingerprint density at radius 1 is 0.462 bits per heavy atom. The number of halogens is 4. The van der Waals surface area contributed by atoms with Crippen LogP contribution in [-0.2, 0) is 0 Å². The normalized spacial score (nSPS) is 15.7. The molecule has 7 heteroatoms. The number of hydrogen-bond donors (Lipinski definition) is 0. The van der Waals surface area contributed by atoms with Crippen LogP contribution in [-0.4, -0.2) is 23.1 Å². The van der Waals surface area contributed by atoms with Crippen molar-refractivity contribution in [2.24, 2.45) is 0 Å². The minimum absolute atomic E-state index is 0.00760. The van der Waals surface area contributed by atoms with E-state index in [4.69, 9.17) is 0 Å². The van der Waals surface area contributed by atoms with Crippen molar-refractivity contribution in [3.05, 3.63) is 213 Å². The molecule has 1 aliphatic rings. The van der Waals surface area contributed by atoms with Gasteiger partial charge in [-0.15, -0.1) is 0 Å². The van der Waals surface area contributed by atoms with E-state index in [1.54, 1.807) is 0 Å². The number of nitrogens with zero attached hydrogens (tertiary/aromatic N) is 2. The van der Waals surface area contributed by atoms with E-state index in [0.717, 1.165) is 0 Å². The first-order valence-corrected chi connectivity index (χ1v) is 17.6. The van der Waals surface area contributed by atoms with Crippen LogP contribution in [0, 0.1) is 27.7 Å². The summed E-state index contributed by atoms with van der Waals surface area (Å²) in [6, 6.07) is 58.1. The van der Waals surface area contributed by atoms with Gasteiger partial charge in [-0.25, -0.2) is 9.48 Å². The summed E-state index contributed by atoms with van der Waals surface area (Å²) in [4.78, 5) is 2.67. The summed E-state index contributed by atoms with van der Waals surface area (Å²) in [5, 5.41) is 0. The van der Waals surface area contributed by atoms with Gasteiger partial charge in [0.25, 0.3) is 0 Å². The van der Waals surface area contributed by atoms with Gasteiger partial charge in [0.2, 0.25) is 6.34 Å². The SMILES string of the molecule is Cc1ccccc1C(c1ccccc1C)N1C=[N+](C(c2ccccc2C)c2ccccc2C)[C@@H](c2ccccc2)[C@@H]1c1ccccc1.F[B-](F)(F)F. The van der Waals surface area contributed by atoms with Crippen LogP contribution in [0.25, 0.3) is 0 Å². The average molecular weight is 699 g/mol. The fraction of sp³-hybridized carbons (Fsp3) is 0.178. The zero-order chi connectivity index (χ0) is 36.8. The topological polar surface area (TPSA) is 6.25 Å². The van der Waals surface area contributed by atoms with E-state index in [0.29, 0.717) is 0 Å². The van der Waals surface area contributed by atoms with E-state index < -0.39 is 7.25 Å². The van der Waals surface area contributed by atoms with Crippen molar-refractivity contribution in [3.8, 4) is 0 Å². The van der Waals surface area contributed by atoms with Crippen LogP contribution in [0.15, 0.2) is 158 Å². The lowest BCUT2D eigenvalue weighted by atomic mass is 9.86. The van der Waals surface area contributed by atoms with Crippen LogP contribution in [0.2, 0.25) is 0 Å². The first kappa shape index (κ1) is 36.4. The van der Waals surface area contributed by atoms with Crippen molar-refractivity contribution in [2.45, 2.75) is 51.9 Å². The van der Waals surface area contributed by atoms with Crippen LogP contribution in [0.5, 0.6) is 0 Å². The summed E-state index contributed by atoms with van der Waals surface area (Å²) in [5.74, 6) is 0. The summed E-state index contributed by atoms with van der Waals surface area (Å²) in [6.07, 6.45) is 2.47. The maximum Gasteiger partial charge on any atom is 0.673 e. The minimum atomic E-state index is -6.00. The van der Waals surface area contributed by atoms with Gasteiger partial charge in [0, 0.05) is 33.4 Å². The Kier molecular flexibility index (Phi) is 11.1. The number of aryl methyl sites for hydroxylation is 4. The van der Waals surface area contributed by atoms with Crippen LogP contribution in [0.1, 0.15) is 79.8 Å². The average Bonchev–Trinajstić information content (AvgIpc) is 3.51. The van der Waals surface area contributed by atoms with E-state index >= 15 is 0 Å². The molecule has 0 bridgehead atoms. The van der Waals surface area contributed by atoms with Gasteiger partial charge in [-0.3, -0.25) is 0 Å². The Bertz CT molecular complexity index is 2030. The highest BCUT2D eigenvalue weighted by Gasteiger charge is 2.50. The molecule has 7 rings (SSSR count). The summed E-state index contributed by atoms with van der Waals surface area (Å²) in [5.41, 5.74) is 13.1. The quantitative estimate of drug-likeness (QED) is 0.0871. The predicted molar refractivity (Wildman–Crippen MR) is 205 cm³/mol. The molecule has 0 N–H and O–H groups in total. The molecule has 0 amide bonds. The van der Waals surface area contributed by atoms with Gasteiger partial charge in [-0.05, 0) is 49.9 Å². The molecular formula is C45H43BF4N2. The molecule has 0 saturated heterocycles. The van der Waals surface area contributed by atoms with Gasteiger partial charge in [-0.1, -0.05) is 158 Å². The van der Waals surface area contributed by atoms with Gasteiger partial charge in [0.05, 0.1) is 0 Å². The highest BCUT2D eigenvalue weighted by Crippen LogP contribution is 2.50. The molecule has 0 aromatic heterocycles.